The summed E-state index contributed by atoms with van der Waals surface area (Å²) in [4.78, 5) is 22.0. The van der Waals surface area contributed by atoms with Gasteiger partial charge in [0.1, 0.15) is 0 Å². The van der Waals surface area contributed by atoms with Crippen LogP contribution in [0.4, 0.5) is 13.2 Å². The summed E-state index contributed by atoms with van der Waals surface area (Å²) in [6.07, 6.45) is -4.30. The van der Waals surface area contributed by atoms with Crippen LogP contribution in [-0.2, 0) is 20.5 Å². The van der Waals surface area contributed by atoms with Gasteiger partial charge in [-0.1, -0.05) is 17.7 Å². The largest absolute Gasteiger partial charge is 0.481 e. The van der Waals surface area contributed by atoms with Crippen LogP contribution in [0.15, 0.2) is 23.8 Å². The fraction of sp³-hybridized carbons (Fsp3) is 0.231. The van der Waals surface area contributed by atoms with Crippen molar-refractivity contribution in [2.45, 2.75) is 12.6 Å². The van der Waals surface area contributed by atoms with Gasteiger partial charge in [0.2, 0.25) is 0 Å². The third kappa shape index (κ3) is 4.78. The Morgan fingerprint density at radius 3 is 2.48 bits per heavy atom. The Kier molecular flexibility index (Phi) is 5.37. The second-order valence-electron chi connectivity index (χ2n) is 3.97. The number of carboxylic acids is 1. The molecule has 0 radical (unpaired) electrons. The molecule has 0 fully saturated rings. The highest BCUT2D eigenvalue weighted by atomic mass is 35.5. The Hall–Kier alpha value is -2.02. The van der Waals surface area contributed by atoms with Gasteiger partial charge in [-0.25, -0.2) is 4.79 Å². The van der Waals surface area contributed by atoms with E-state index in [4.69, 9.17) is 16.7 Å². The average Bonchev–Trinajstić information content (AvgIpc) is 2.37. The molecule has 4 nitrogen and oxygen atoms in total. The number of carbonyl (C=O) groups is 2. The van der Waals surface area contributed by atoms with E-state index in [9.17, 15) is 22.8 Å². The first-order valence-corrected chi connectivity index (χ1v) is 5.90. The van der Waals surface area contributed by atoms with E-state index in [-0.39, 0.29) is 11.1 Å². The maximum Gasteiger partial charge on any atom is 0.417 e. The first kappa shape index (κ1) is 17.0. The summed E-state index contributed by atoms with van der Waals surface area (Å²) < 4.78 is 42.5. The van der Waals surface area contributed by atoms with E-state index >= 15 is 0 Å². The average molecular weight is 323 g/mol. The molecule has 0 aliphatic carbocycles. The molecule has 0 amide bonds. The number of alkyl halides is 3. The number of rotatable bonds is 4. The summed E-state index contributed by atoms with van der Waals surface area (Å²) in [5.41, 5.74) is -1.36. The Morgan fingerprint density at radius 1 is 1.38 bits per heavy atom. The second-order valence-corrected chi connectivity index (χ2v) is 4.38. The minimum absolute atomic E-state index is 0.00613. The van der Waals surface area contributed by atoms with Crippen LogP contribution < -0.4 is 0 Å². The summed E-state index contributed by atoms with van der Waals surface area (Å²) in [7, 11) is 1.04. The van der Waals surface area contributed by atoms with Crippen LogP contribution in [-0.4, -0.2) is 24.2 Å². The Labute approximate surface area is 122 Å². The van der Waals surface area contributed by atoms with E-state index in [1.54, 1.807) is 0 Å². The molecule has 0 saturated heterocycles. The minimum Gasteiger partial charge on any atom is -0.481 e. The van der Waals surface area contributed by atoms with Crippen LogP contribution in [0, 0.1) is 0 Å². The van der Waals surface area contributed by atoms with Crippen molar-refractivity contribution >= 4 is 29.6 Å². The zero-order valence-electron chi connectivity index (χ0n) is 10.7. The molecule has 1 N–H and O–H groups in total. The molecular formula is C13H10ClF3O4. The molecule has 0 bridgehead atoms. The van der Waals surface area contributed by atoms with E-state index in [1.165, 1.54) is 6.07 Å². The van der Waals surface area contributed by atoms with E-state index in [0.717, 1.165) is 25.3 Å². The highest BCUT2D eigenvalue weighted by Crippen LogP contribution is 2.35. The molecule has 8 heteroatoms. The van der Waals surface area contributed by atoms with Crippen LogP contribution in [0.5, 0.6) is 0 Å². The molecule has 0 spiro atoms. The van der Waals surface area contributed by atoms with E-state index in [0.29, 0.717) is 0 Å². The number of hydrogen-bond acceptors (Lipinski definition) is 3. The summed E-state index contributed by atoms with van der Waals surface area (Å²) >= 11 is 5.47. The van der Waals surface area contributed by atoms with Crippen molar-refractivity contribution in [2.75, 3.05) is 7.11 Å². The number of benzene rings is 1. The molecule has 1 aromatic rings. The fourth-order valence-electron chi connectivity index (χ4n) is 1.53. The number of hydrogen-bond donors (Lipinski definition) is 1. The smallest absolute Gasteiger partial charge is 0.417 e. The van der Waals surface area contributed by atoms with E-state index < -0.39 is 35.1 Å². The zero-order valence-corrected chi connectivity index (χ0v) is 11.5. The van der Waals surface area contributed by atoms with Crippen LogP contribution in [0.3, 0.4) is 0 Å². The van der Waals surface area contributed by atoms with E-state index in [2.05, 4.69) is 4.74 Å². The number of carboxylic acid groups (broad SMARTS) is 1. The molecule has 0 heterocycles. The normalized spacial score (nSPS) is 12.1. The molecule has 0 aliphatic heterocycles. The summed E-state index contributed by atoms with van der Waals surface area (Å²) in [5.74, 6) is -2.24. The van der Waals surface area contributed by atoms with Gasteiger partial charge in [0.05, 0.1) is 24.1 Å². The minimum atomic E-state index is -4.65. The van der Waals surface area contributed by atoms with Crippen LogP contribution >= 0.6 is 11.6 Å². The number of ether oxygens (including phenoxy) is 1. The van der Waals surface area contributed by atoms with Gasteiger partial charge < -0.3 is 9.84 Å². The SMILES string of the molecule is COC(=O)C(=Cc1ccc(Cl)c(C(F)(F)F)c1)CC(=O)O. The lowest BCUT2D eigenvalue weighted by atomic mass is 10.1. The first-order valence-electron chi connectivity index (χ1n) is 5.52. The van der Waals surface area contributed by atoms with E-state index in [1.807, 2.05) is 0 Å². The Balaban J connectivity index is 3.28. The zero-order chi connectivity index (χ0) is 16.2. The van der Waals surface area contributed by atoms with Gasteiger partial charge in [0, 0.05) is 5.57 Å². The second kappa shape index (κ2) is 6.62. The van der Waals surface area contributed by atoms with Crippen molar-refractivity contribution in [1.82, 2.24) is 0 Å². The number of aliphatic carboxylic acids is 1. The lowest BCUT2D eigenvalue weighted by Crippen LogP contribution is -2.10. The van der Waals surface area contributed by atoms with Gasteiger partial charge in [0.15, 0.2) is 0 Å². The Morgan fingerprint density at radius 2 is 2.00 bits per heavy atom. The van der Waals surface area contributed by atoms with Gasteiger partial charge >= 0.3 is 18.1 Å². The van der Waals surface area contributed by atoms with Gasteiger partial charge in [-0.15, -0.1) is 0 Å². The molecule has 0 atom stereocenters. The van der Waals surface area contributed by atoms with Crippen LogP contribution in [0.1, 0.15) is 17.5 Å². The highest BCUT2D eigenvalue weighted by Gasteiger charge is 2.33. The molecule has 1 aromatic carbocycles. The molecule has 0 aromatic heterocycles. The van der Waals surface area contributed by atoms with Crippen molar-refractivity contribution in [1.29, 1.82) is 0 Å². The van der Waals surface area contributed by atoms with Gasteiger partial charge in [-0.2, -0.15) is 13.2 Å². The van der Waals surface area contributed by atoms with Crippen LogP contribution in [0.2, 0.25) is 5.02 Å². The number of halogens is 4. The molecule has 0 saturated carbocycles. The molecule has 114 valence electrons. The molecule has 21 heavy (non-hydrogen) atoms. The predicted molar refractivity (Wildman–Crippen MR) is 68.7 cm³/mol. The lowest BCUT2D eigenvalue weighted by Gasteiger charge is -2.10. The third-order valence-corrected chi connectivity index (χ3v) is 2.76. The number of methoxy groups -OCH3 is 1. The third-order valence-electron chi connectivity index (χ3n) is 2.43. The maximum absolute atomic E-state index is 12.7. The molecular weight excluding hydrogens is 313 g/mol. The maximum atomic E-state index is 12.7. The molecule has 1 rings (SSSR count). The Bertz CT molecular complexity index is 594. The van der Waals surface area contributed by atoms with Crippen LogP contribution in [0.25, 0.3) is 6.08 Å². The summed E-state index contributed by atoms with van der Waals surface area (Å²) in [5, 5.41) is 8.20. The summed E-state index contributed by atoms with van der Waals surface area (Å²) in [6.45, 7) is 0. The fourth-order valence-corrected chi connectivity index (χ4v) is 1.75. The molecule has 0 unspecified atom stereocenters. The van der Waals surface area contributed by atoms with Crippen molar-refractivity contribution in [3.63, 3.8) is 0 Å². The topological polar surface area (TPSA) is 63.6 Å². The van der Waals surface area contributed by atoms with Gasteiger partial charge in [0.25, 0.3) is 0 Å². The van der Waals surface area contributed by atoms with Crippen molar-refractivity contribution in [2.24, 2.45) is 0 Å². The lowest BCUT2D eigenvalue weighted by molar-refractivity contribution is -0.141. The quantitative estimate of drug-likeness (QED) is 0.681. The van der Waals surface area contributed by atoms with Crippen molar-refractivity contribution < 1.29 is 32.6 Å². The predicted octanol–water partition coefficient (Wildman–Crippen LogP) is 3.39. The van der Waals surface area contributed by atoms with Crippen molar-refractivity contribution in [3.8, 4) is 0 Å². The monoisotopic (exact) mass is 322 g/mol. The molecule has 0 aliphatic rings. The van der Waals surface area contributed by atoms with Gasteiger partial charge in [-0.3, -0.25) is 4.79 Å². The van der Waals surface area contributed by atoms with Gasteiger partial charge in [-0.05, 0) is 23.8 Å². The highest BCUT2D eigenvalue weighted by molar-refractivity contribution is 6.31. The standard InChI is InChI=1S/C13H10ClF3O4/c1-21-12(20)8(6-11(18)19)4-7-2-3-10(14)9(5-7)13(15,16)17/h2-5H,6H2,1H3,(H,18,19). The summed E-state index contributed by atoms with van der Waals surface area (Å²) in [6, 6.07) is 2.99. The first-order chi connectivity index (χ1) is 9.65. The number of carbonyl (C=O) groups excluding carboxylic acids is 1. The van der Waals surface area contributed by atoms with Crippen molar-refractivity contribution in [3.05, 3.63) is 39.9 Å². The number of esters is 1.